The van der Waals surface area contributed by atoms with Crippen LogP contribution in [0.2, 0.25) is 0 Å². The van der Waals surface area contributed by atoms with Gasteiger partial charge in [0.1, 0.15) is 0 Å². The van der Waals surface area contributed by atoms with Crippen LogP contribution in [0.3, 0.4) is 0 Å². The Morgan fingerprint density at radius 3 is 2.26 bits per heavy atom. The van der Waals surface area contributed by atoms with Gasteiger partial charge < -0.3 is 14.8 Å². The molecule has 0 bridgehead atoms. The molecule has 2 aromatic carbocycles. The number of carbonyl (C=O) groups is 1. The summed E-state index contributed by atoms with van der Waals surface area (Å²) in [6.45, 7) is 8.11. The van der Waals surface area contributed by atoms with Gasteiger partial charge in [-0.25, -0.2) is 0 Å². The Hall–Kier alpha value is -1.69. The standard InChI is InChI=1S/C18H23BO4/c1-12(20)14-11-10-13-8-6-7-9-15(13)16(14)19(22)23-18(4,5)17(2,3)21/h6-11,21-22H,1-5H3. The first-order valence-electron chi connectivity index (χ1n) is 7.65. The fourth-order valence-electron chi connectivity index (χ4n) is 2.35. The average molecular weight is 314 g/mol. The van der Waals surface area contributed by atoms with E-state index < -0.39 is 18.3 Å². The number of fused-ring (bicyclic) bond motifs is 1. The summed E-state index contributed by atoms with van der Waals surface area (Å²) in [4.78, 5) is 12.0. The summed E-state index contributed by atoms with van der Waals surface area (Å²) in [6, 6.07) is 11.1. The van der Waals surface area contributed by atoms with E-state index in [1.807, 2.05) is 30.3 Å². The molecule has 0 atom stereocenters. The molecule has 4 nitrogen and oxygen atoms in total. The second-order valence-corrected chi connectivity index (χ2v) is 6.84. The summed E-state index contributed by atoms with van der Waals surface area (Å²) in [5.74, 6) is -0.144. The predicted molar refractivity (Wildman–Crippen MR) is 93.0 cm³/mol. The molecule has 0 aliphatic carbocycles. The highest BCUT2D eigenvalue weighted by Gasteiger charge is 2.40. The number of rotatable bonds is 5. The molecular formula is C18H23BO4. The second kappa shape index (κ2) is 6.08. The Morgan fingerprint density at radius 2 is 1.70 bits per heavy atom. The summed E-state index contributed by atoms with van der Waals surface area (Å²) in [7, 11) is -1.32. The predicted octanol–water partition coefficient (Wildman–Crippen LogP) is 2.30. The van der Waals surface area contributed by atoms with Crippen molar-refractivity contribution in [2.45, 2.75) is 45.8 Å². The van der Waals surface area contributed by atoms with Crippen LogP contribution in [0.5, 0.6) is 0 Å². The lowest BCUT2D eigenvalue weighted by molar-refractivity contribution is -0.0982. The second-order valence-electron chi connectivity index (χ2n) is 6.84. The summed E-state index contributed by atoms with van der Waals surface area (Å²) < 4.78 is 5.74. The first kappa shape index (κ1) is 17.7. The van der Waals surface area contributed by atoms with Gasteiger partial charge in [0.15, 0.2) is 5.78 Å². The number of hydrogen-bond acceptors (Lipinski definition) is 4. The monoisotopic (exact) mass is 314 g/mol. The molecule has 0 aliphatic rings. The summed E-state index contributed by atoms with van der Waals surface area (Å²) in [5.41, 5.74) is -1.30. The van der Waals surface area contributed by atoms with E-state index in [2.05, 4.69) is 0 Å². The third kappa shape index (κ3) is 3.47. The molecule has 0 fully saturated rings. The van der Waals surface area contributed by atoms with Gasteiger partial charge in [0, 0.05) is 11.0 Å². The molecule has 0 aromatic heterocycles. The Kier molecular flexibility index (Phi) is 4.67. The smallest absolute Gasteiger partial charge is 0.423 e. The quantitative estimate of drug-likeness (QED) is 0.656. The SMILES string of the molecule is CC(=O)c1ccc2ccccc2c1B(O)OC(C)(C)C(C)(C)O. The van der Waals surface area contributed by atoms with E-state index in [1.165, 1.54) is 6.92 Å². The summed E-state index contributed by atoms with van der Waals surface area (Å²) in [6.07, 6.45) is 0. The molecule has 0 amide bonds. The van der Waals surface area contributed by atoms with E-state index in [4.69, 9.17) is 4.65 Å². The van der Waals surface area contributed by atoms with Crippen molar-refractivity contribution in [2.24, 2.45) is 0 Å². The van der Waals surface area contributed by atoms with Crippen LogP contribution in [0.15, 0.2) is 36.4 Å². The van der Waals surface area contributed by atoms with Crippen molar-refractivity contribution in [3.63, 3.8) is 0 Å². The minimum absolute atomic E-state index is 0.144. The molecule has 0 heterocycles. The van der Waals surface area contributed by atoms with Crippen molar-refractivity contribution in [3.8, 4) is 0 Å². The van der Waals surface area contributed by atoms with E-state index in [9.17, 15) is 14.9 Å². The van der Waals surface area contributed by atoms with Crippen LogP contribution in [0.4, 0.5) is 0 Å². The molecule has 0 saturated heterocycles. The molecule has 2 rings (SSSR count). The van der Waals surface area contributed by atoms with Gasteiger partial charge in [0.2, 0.25) is 0 Å². The third-order valence-electron chi connectivity index (χ3n) is 4.48. The van der Waals surface area contributed by atoms with Gasteiger partial charge >= 0.3 is 7.12 Å². The lowest BCUT2D eigenvalue weighted by Crippen LogP contribution is -2.53. The fourth-order valence-corrected chi connectivity index (χ4v) is 2.35. The van der Waals surface area contributed by atoms with Crippen LogP contribution in [0, 0.1) is 0 Å². The highest BCUT2D eigenvalue weighted by molar-refractivity contribution is 6.65. The van der Waals surface area contributed by atoms with E-state index in [1.54, 1.807) is 33.8 Å². The molecule has 23 heavy (non-hydrogen) atoms. The molecule has 0 saturated carbocycles. The van der Waals surface area contributed by atoms with E-state index in [0.717, 1.165) is 10.8 Å². The van der Waals surface area contributed by atoms with Crippen molar-refractivity contribution >= 4 is 29.1 Å². The van der Waals surface area contributed by atoms with E-state index >= 15 is 0 Å². The van der Waals surface area contributed by atoms with E-state index in [-0.39, 0.29) is 5.78 Å². The Balaban J connectivity index is 2.57. The lowest BCUT2D eigenvalue weighted by atomic mass is 9.71. The Morgan fingerprint density at radius 1 is 1.09 bits per heavy atom. The maximum absolute atomic E-state index is 12.0. The van der Waals surface area contributed by atoms with Crippen molar-refractivity contribution in [1.82, 2.24) is 0 Å². The molecule has 0 radical (unpaired) electrons. The maximum Gasteiger partial charge on any atom is 0.493 e. The zero-order chi connectivity index (χ0) is 17.4. The molecule has 0 unspecified atom stereocenters. The summed E-state index contributed by atoms with van der Waals surface area (Å²) >= 11 is 0. The van der Waals surface area contributed by atoms with E-state index in [0.29, 0.717) is 11.0 Å². The Bertz CT molecular complexity index is 731. The van der Waals surface area contributed by atoms with Crippen molar-refractivity contribution < 1.29 is 19.6 Å². The molecule has 2 aromatic rings. The topological polar surface area (TPSA) is 66.8 Å². The number of benzene rings is 2. The maximum atomic E-state index is 12.0. The number of hydrogen-bond donors (Lipinski definition) is 2. The van der Waals surface area contributed by atoms with Crippen LogP contribution in [0.25, 0.3) is 10.8 Å². The van der Waals surface area contributed by atoms with Gasteiger partial charge in [-0.3, -0.25) is 4.79 Å². The first-order valence-corrected chi connectivity index (χ1v) is 7.65. The van der Waals surface area contributed by atoms with Crippen LogP contribution < -0.4 is 5.46 Å². The van der Waals surface area contributed by atoms with Crippen molar-refractivity contribution in [3.05, 3.63) is 42.0 Å². The van der Waals surface area contributed by atoms with Crippen LogP contribution in [-0.4, -0.2) is 34.2 Å². The van der Waals surface area contributed by atoms with Crippen LogP contribution >= 0.6 is 0 Å². The minimum Gasteiger partial charge on any atom is -0.423 e. The molecule has 0 spiro atoms. The summed E-state index contributed by atoms with van der Waals surface area (Å²) in [5, 5.41) is 22.6. The normalized spacial score (nSPS) is 12.5. The number of aliphatic hydroxyl groups is 1. The molecule has 0 aliphatic heterocycles. The highest BCUT2D eigenvalue weighted by atomic mass is 16.5. The van der Waals surface area contributed by atoms with Gasteiger partial charge in [-0.1, -0.05) is 36.4 Å². The van der Waals surface area contributed by atoms with Gasteiger partial charge in [-0.15, -0.1) is 0 Å². The van der Waals surface area contributed by atoms with Gasteiger partial charge in [0.05, 0.1) is 11.2 Å². The Labute approximate surface area is 137 Å². The third-order valence-corrected chi connectivity index (χ3v) is 4.48. The first-order chi connectivity index (χ1) is 10.5. The zero-order valence-corrected chi connectivity index (χ0v) is 14.3. The zero-order valence-electron chi connectivity index (χ0n) is 14.3. The minimum atomic E-state index is -1.32. The number of ketones is 1. The molecule has 2 N–H and O–H groups in total. The number of carbonyl (C=O) groups excluding carboxylic acids is 1. The fraction of sp³-hybridized carbons (Fsp3) is 0.389. The lowest BCUT2D eigenvalue weighted by Gasteiger charge is -2.38. The van der Waals surface area contributed by atoms with Crippen LogP contribution in [0.1, 0.15) is 45.0 Å². The molecule has 5 heteroatoms. The average Bonchev–Trinajstić information content (AvgIpc) is 2.44. The van der Waals surface area contributed by atoms with Gasteiger partial charge in [-0.2, -0.15) is 0 Å². The molecular weight excluding hydrogens is 291 g/mol. The largest absolute Gasteiger partial charge is 0.493 e. The van der Waals surface area contributed by atoms with Crippen LogP contribution in [-0.2, 0) is 4.65 Å². The number of Topliss-reactive ketones (excluding diaryl/α,β-unsaturated/α-hetero) is 1. The highest BCUT2D eigenvalue weighted by Crippen LogP contribution is 2.26. The molecule has 122 valence electrons. The van der Waals surface area contributed by atoms with Gasteiger partial charge in [0.25, 0.3) is 0 Å². The van der Waals surface area contributed by atoms with Gasteiger partial charge in [-0.05, 0) is 45.4 Å². The van der Waals surface area contributed by atoms with Crippen molar-refractivity contribution in [1.29, 1.82) is 0 Å². The van der Waals surface area contributed by atoms with Crippen molar-refractivity contribution in [2.75, 3.05) is 0 Å².